The molecule has 9 nitrogen and oxygen atoms in total. The van der Waals surface area contributed by atoms with Gasteiger partial charge in [0.1, 0.15) is 35.5 Å². The van der Waals surface area contributed by atoms with Gasteiger partial charge in [0.15, 0.2) is 5.58 Å². The van der Waals surface area contributed by atoms with Crippen molar-refractivity contribution in [3.8, 4) is 17.2 Å². The summed E-state index contributed by atoms with van der Waals surface area (Å²) in [6, 6.07) is 12.3. The number of aromatic nitrogens is 1. The molecule has 0 aliphatic carbocycles. The number of ether oxygens (including phenoxy) is 3. The number of aliphatic hydroxyl groups is 2. The van der Waals surface area contributed by atoms with Gasteiger partial charge in [-0.25, -0.2) is 0 Å². The molecular weight excluding hydrogens is 474 g/mol. The maximum atomic E-state index is 9.47. The Balaban J connectivity index is 1.32. The van der Waals surface area contributed by atoms with E-state index in [4.69, 9.17) is 23.7 Å². The smallest absolute Gasteiger partial charge is 0.295 e. The Labute approximate surface area is 218 Å². The lowest BCUT2D eigenvalue weighted by Crippen LogP contribution is -2.38. The van der Waals surface area contributed by atoms with E-state index in [1.54, 1.807) is 18.2 Å². The lowest BCUT2D eigenvalue weighted by Gasteiger charge is -2.32. The number of nitrogens with zero attached hydrogens (tertiary/aromatic N) is 2. The summed E-state index contributed by atoms with van der Waals surface area (Å²) in [5, 5.41) is 21.8. The fraction of sp³-hybridized carbons (Fsp3) is 0.536. The molecule has 0 saturated carbocycles. The van der Waals surface area contributed by atoms with E-state index in [-0.39, 0.29) is 31.5 Å². The summed E-state index contributed by atoms with van der Waals surface area (Å²) < 4.78 is 23.3. The minimum atomic E-state index is -0.913. The Hall–Kier alpha value is -3.01. The molecule has 1 unspecified atom stereocenters. The molecule has 1 aliphatic rings. The third-order valence-corrected chi connectivity index (χ3v) is 6.02. The van der Waals surface area contributed by atoms with Gasteiger partial charge in [-0.1, -0.05) is 0 Å². The first kappa shape index (κ1) is 27.0. The van der Waals surface area contributed by atoms with E-state index < -0.39 is 6.10 Å². The van der Waals surface area contributed by atoms with E-state index >= 15 is 0 Å². The number of anilines is 1. The number of rotatable bonds is 12. The summed E-state index contributed by atoms with van der Waals surface area (Å²) in [6.45, 7) is 10.5. The van der Waals surface area contributed by atoms with Crippen LogP contribution in [0.3, 0.4) is 0 Å². The minimum absolute atomic E-state index is 0.0185. The second kappa shape index (κ2) is 12.5. The fourth-order valence-electron chi connectivity index (χ4n) is 4.37. The van der Waals surface area contributed by atoms with Crippen LogP contribution in [0.2, 0.25) is 0 Å². The van der Waals surface area contributed by atoms with Crippen molar-refractivity contribution in [3.63, 3.8) is 0 Å². The van der Waals surface area contributed by atoms with Crippen LogP contribution in [0.15, 0.2) is 40.8 Å². The Bertz CT molecular complexity index is 1110. The molecule has 3 aromatic rings. The van der Waals surface area contributed by atoms with Crippen molar-refractivity contribution in [2.45, 2.75) is 71.4 Å². The van der Waals surface area contributed by atoms with Crippen LogP contribution < -0.4 is 19.5 Å². The maximum absolute atomic E-state index is 9.47. The van der Waals surface area contributed by atoms with Crippen LogP contribution in [0.5, 0.6) is 17.2 Å². The quantitative estimate of drug-likeness (QED) is 0.328. The first-order chi connectivity index (χ1) is 17.8. The number of hydrogen-bond acceptors (Lipinski definition) is 9. The van der Waals surface area contributed by atoms with Gasteiger partial charge in [0.2, 0.25) is 0 Å². The van der Waals surface area contributed by atoms with Crippen molar-refractivity contribution in [2.24, 2.45) is 0 Å². The molecule has 1 atom stereocenters. The summed E-state index contributed by atoms with van der Waals surface area (Å²) in [6.07, 6.45) is 1.25. The lowest BCUT2D eigenvalue weighted by atomic mass is 10.0. The highest BCUT2D eigenvalue weighted by atomic mass is 16.5. The number of likely N-dealkylation sites (tertiary alicyclic amines) is 1. The summed E-state index contributed by atoms with van der Waals surface area (Å²) in [4.78, 5) is 7.00. The van der Waals surface area contributed by atoms with E-state index in [1.807, 2.05) is 33.8 Å². The zero-order valence-corrected chi connectivity index (χ0v) is 22.1. The van der Waals surface area contributed by atoms with Crippen molar-refractivity contribution < 1.29 is 28.8 Å². The Morgan fingerprint density at radius 2 is 1.68 bits per heavy atom. The average Bonchev–Trinajstić information content (AvgIpc) is 3.24. The normalized spacial score (nSPS) is 15.9. The van der Waals surface area contributed by atoms with Crippen molar-refractivity contribution in [3.05, 3.63) is 42.0 Å². The van der Waals surface area contributed by atoms with Gasteiger partial charge in [-0.2, -0.15) is 4.98 Å². The first-order valence-electron chi connectivity index (χ1n) is 13.1. The molecule has 1 saturated heterocycles. The highest BCUT2D eigenvalue weighted by Gasteiger charge is 2.21. The van der Waals surface area contributed by atoms with Crippen LogP contribution in [0.4, 0.5) is 6.01 Å². The van der Waals surface area contributed by atoms with Crippen LogP contribution in [0.1, 0.15) is 46.1 Å². The molecule has 2 aromatic carbocycles. The largest absolute Gasteiger partial charge is 0.491 e. The molecule has 1 aromatic heterocycles. The van der Waals surface area contributed by atoms with E-state index in [0.717, 1.165) is 44.0 Å². The summed E-state index contributed by atoms with van der Waals surface area (Å²) in [5.74, 6) is 2.25. The van der Waals surface area contributed by atoms with Crippen molar-refractivity contribution in [1.82, 2.24) is 9.88 Å². The molecule has 0 radical (unpaired) electrons. The van der Waals surface area contributed by atoms with Crippen molar-refractivity contribution in [2.75, 3.05) is 31.6 Å². The number of hydrogen-bond donors (Lipinski definition) is 3. The van der Waals surface area contributed by atoms with Gasteiger partial charge in [-0.15, -0.1) is 0 Å². The van der Waals surface area contributed by atoms with Crippen LogP contribution >= 0.6 is 0 Å². The molecule has 9 heteroatoms. The Morgan fingerprint density at radius 1 is 1.00 bits per heavy atom. The van der Waals surface area contributed by atoms with Gasteiger partial charge in [0.05, 0.1) is 18.8 Å². The maximum Gasteiger partial charge on any atom is 0.295 e. The second-order valence-corrected chi connectivity index (χ2v) is 10.1. The second-order valence-electron chi connectivity index (χ2n) is 10.1. The van der Waals surface area contributed by atoms with Crippen LogP contribution in [0.25, 0.3) is 11.1 Å². The Kier molecular flexibility index (Phi) is 9.13. The number of piperidine rings is 1. The topological polar surface area (TPSA) is 109 Å². The third kappa shape index (κ3) is 7.99. The summed E-state index contributed by atoms with van der Waals surface area (Å²) in [5.41, 5.74) is 2.53. The predicted molar refractivity (Wildman–Crippen MR) is 142 cm³/mol. The molecule has 37 heavy (non-hydrogen) atoms. The number of aliphatic hydroxyl groups excluding tert-OH is 2. The van der Waals surface area contributed by atoms with Gasteiger partial charge in [-0.3, -0.25) is 4.90 Å². The molecule has 0 bridgehead atoms. The standard InChI is InChI=1S/C28H39N3O6/c1-18(2)35-24-11-20(12-25(13-24)36-19(3)4)15-31-9-7-21(8-10-31)29-28-30-26-14-23(5-6-27(26)37-28)34-17-22(33)16-32/h5-6,11-14,18-19,21-22,32-33H,7-10,15-17H2,1-4H3,(H,29,30). The third-order valence-electron chi connectivity index (χ3n) is 6.02. The summed E-state index contributed by atoms with van der Waals surface area (Å²) in [7, 11) is 0. The number of oxazole rings is 1. The van der Waals surface area contributed by atoms with E-state index in [0.29, 0.717) is 22.9 Å². The first-order valence-corrected chi connectivity index (χ1v) is 13.1. The molecule has 1 aliphatic heterocycles. The van der Waals surface area contributed by atoms with Gasteiger partial charge in [0, 0.05) is 37.8 Å². The van der Waals surface area contributed by atoms with Gasteiger partial charge < -0.3 is 34.2 Å². The van der Waals surface area contributed by atoms with Crippen molar-refractivity contribution >= 4 is 17.1 Å². The SMILES string of the molecule is CC(C)Oc1cc(CN2CCC(Nc3nc4cc(OCC(O)CO)ccc4o3)CC2)cc(OC(C)C)c1. The van der Waals surface area contributed by atoms with Crippen molar-refractivity contribution in [1.29, 1.82) is 0 Å². The van der Waals surface area contributed by atoms with E-state index in [9.17, 15) is 5.11 Å². The van der Waals surface area contributed by atoms with E-state index in [2.05, 4.69) is 27.3 Å². The highest BCUT2D eigenvalue weighted by molar-refractivity contribution is 5.76. The average molecular weight is 514 g/mol. The molecule has 4 rings (SSSR count). The molecule has 1 fully saturated rings. The fourth-order valence-corrected chi connectivity index (χ4v) is 4.37. The van der Waals surface area contributed by atoms with E-state index in [1.165, 1.54) is 5.56 Å². The molecule has 3 N–H and O–H groups in total. The van der Waals surface area contributed by atoms with Gasteiger partial charge in [-0.05, 0) is 70.4 Å². The lowest BCUT2D eigenvalue weighted by molar-refractivity contribution is 0.0536. The van der Waals surface area contributed by atoms with Gasteiger partial charge >= 0.3 is 0 Å². The van der Waals surface area contributed by atoms with Gasteiger partial charge in [0.25, 0.3) is 6.01 Å². The molecule has 2 heterocycles. The molecular formula is C28H39N3O6. The molecule has 0 amide bonds. The molecule has 0 spiro atoms. The number of benzene rings is 2. The van der Waals surface area contributed by atoms with Crippen LogP contribution in [-0.4, -0.2) is 70.8 Å². The van der Waals surface area contributed by atoms with Crippen LogP contribution in [-0.2, 0) is 6.54 Å². The minimum Gasteiger partial charge on any atom is -0.491 e. The molecule has 202 valence electrons. The number of fused-ring (bicyclic) bond motifs is 1. The monoisotopic (exact) mass is 513 g/mol. The zero-order valence-electron chi connectivity index (χ0n) is 22.1. The predicted octanol–water partition coefficient (Wildman–Crippen LogP) is 4.21. The highest BCUT2D eigenvalue weighted by Crippen LogP contribution is 2.28. The Morgan fingerprint density at radius 3 is 2.30 bits per heavy atom. The zero-order chi connectivity index (χ0) is 26.4. The summed E-state index contributed by atoms with van der Waals surface area (Å²) >= 11 is 0. The van der Waals surface area contributed by atoms with Crippen LogP contribution in [0, 0.1) is 0 Å². The number of nitrogens with one attached hydrogen (secondary N) is 1.